The molecule has 0 amide bonds. The Bertz CT molecular complexity index is 1190. The molecule has 0 N–H and O–H groups in total. The van der Waals surface area contributed by atoms with E-state index in [1.54, 1.807) is 55.5 Å². The molecule has 0 aliphatic carbocycles. The monoisotopic (exact) mass is 456 g/mol. The largest absolute Gasteiger partial charge is 0.462 e. The third-order valence-electron chi connectivity index (χ3n) is 4.87. The van der Waals surface area contributed by atoms with E-state index in [4.69, 9.17) is 14.2 Å². The van der Waals surface area contributed by atoms with Crippen LogP contribution >= 0.6 is 0 Å². The summed E-state index contributed by atoms with van der Waals surface area (Å²) in [5, 5.41) is 0. The lowest BCUT2D eigenvalue weighted by atomic mass is 10.0. The van der Waals surface area contributed by atoms with Crippen LogP contribution in [0.15, 0.2) is 97.8 Å². The van der Waals surface area contributed by atoms with E-state index in [0.29, 0.717) is 28.9 Å². The van der Waals surface area contributed by atoms with E-state index in [1.807, 2.05) is 24.3 Å². The number of hydrogen-bond donors (Lipinski definition) is 0. The van der Waals surface area contributed by atoms with Crippen LogP contribution in [0.25, 0.3) is 11.1 Å². The van der Waals surface area contributed by atoms with E-state index >= 15 is 0 Å². The molecule has 0 atom stereocenters. The molecule has 172 valence electrons. The lowest BCUT2D eigenvalue weighted by Crippen LogP contribution is -2.08. The van der Waals surface area contributed by atoms with Gasteiger partial charge in [-0.1, -0.05) is 49.6 Å². The number of ether oxygens (including phenoxy) is 3. The molecular formula is C28H24O6. The Morgan fingerprint density at radius 2 is 1.32 bits per heavy atom. The number of esters is 3. The first-order chi connectivity index (χ1) is 16.4. The molecule has 0 bridgehead atoms. The molecule has 0 saturated carbocycles. The fourth-order valence-corrected chi connectivity index (χ4v) is 3.00. The molecule has 0 radical (unpaired) electrons. The van der Waals surface area contributed by atoms with Crippen molar-refractivity contribution in [3.05, 3.63) is 114 Å². The van der Waals surface area contributed by atoms with Crippen LogP contribution in [0, 0.1) is 0 Å². The molecule has 6 nitrogen and oxygen atoms in total. The van der Waals surface area contributed by atoms with Crippen molar-refractivity contribution < 1.29 is 28.6 Å². The Kier molecular flexibility index (Phi) is 8.13. The van der Waals surface area contributed by atoms with Gasteiger partial charge in [-0.15, -0.1) is 0 Å². The summed E-state index contributed by atoms with van der Waals surface area (Å²) in [7, 11) is 0. The van der Waals surface area contributed by atoms with Crippen molar-refractivity contribution in [2.24, 2.45) is 0 Å². The second kappa shape index (κ2) is 11.4. The Balaban J connectivity index is 1.52. The minimum Gasteiger partial charge on any atom is -0.462 e. The summed E-state index contributed by atoms with van der Waals surface area (Å²) in [5.41, 5.74) is 3.94. The zero-order valence-corrected chi connectivity index (χ0v) is 18.8. The van der Waals surface area contributed by atoms with Gasteiger partial charge in [-0.3, -0.25) is 0 Å². The number of hydrogen-bond acceptors (Lipinski definition) is 6. The SMILES string of the molecule is C=COC(=O)c1ccc(CCOC(=O)c2ccc(-c3ccc(OC(=O)C(=C)C)cc3)cc2)cc1. The Morgan fingerprint density at radius 1 is 0.794 bits per heavy atom. The van der Waals surface area contributed by atoms with Gasteiger partial charge in [0.05, 0.1) is 24.0 Å². The summed E-state index contributed by atoms with van der Waals surface area (Å²) in [6.45, 7) is 8.71. The van der Waals surface area contributed by atoms with Gasteiger partial charge in [-0.2, -0.15) is 0 Å². The van der Waals surface area contributed by atoms with E-state index in [2.05, 4.69) is 13.2 Å². The highest BCUT2D eigenvalue weighted by Crippen LogP contribution is 2.23. The van der Waals surface area contributed by atoms with E-state index < -0.39 is 17.9 Å². The van der Waals surface area contributed by atoms with Crippen molar-refractivity contribution in [1.29, 1.82) is 0 Å². The molecule has 3 rings (SSSR count). The third-order valence-corrected chi connectivity index (χ3v) is 4.87. The maximum absolute atomic E-state index is 12.4. The highest BCUT2D eigenvalue weighted by molar-refractivity contribution is 5.91. The standard InChI is InChI=1S/C28H24O6/c1-4-32-27(30)23-7-5-20(6-8-23)17-18-33-28(31)24-11-9-21(10-12-24)22-13-15-25(16-14-22)34-26(29)19(2)3/h4-16H,1-2,17-18H2,3H3. The number of rotatable bonds is 9. The van der Waals surface area contributed by atoms with Crippen LogP contribution in [0.1, 0.15) is 33.2 Å². The van der Waals surface area contributed by atoms with Crippen molar-refractivity contribution in [3.63, 3.8) is 0 Å². The number of benzene rings is 3. The zero-order chi connectivity index (χ0) is 24.5. The quantitative estimate of drug-likeness (QED) is 0.182. The van der Waals surface area contributed by atoms with Crippen molar-refractivity contribution in [3.8, 4) is 16.9 Å². The molecule has 0 aliphatic rings. The Labute approximate surface area is 198 Å². The Morgan fingerprint density at radius 3 is 1.88 bits per heavy atom. The minimum absolute atomic E-state index is 0.210. The van der Waals surface area contributed by atoms with Gasteiger partial charge in [0, 0.05) is 12.0 Å². The molecule has 0 unspecified atom stereocenters. The van der Waals surface area contributed by atoms with Gasteiger partial charge in [0.1, 0.15) is 5.75 Å². The van der Waals surface area contributed by atoms with E-state index in [0.717, 1.165) is 23.0 Å². The first-order valence-electron chi connectivity index (χ1n) is 10.5. The lowest BCUT2D eigenvalue weighted by molar-refractivity contribution is -0.130. The number of carbonyl (C=O) groups excluding carboxylic acids is 3. The average Bonchev–Trinajstić information content (AvgIpc) is 2.85. The normalized spacial score (nSPS) is 10.1. The number of carbonyl (C=O) groups is 3. The Hall–Kier alpha value is -4.45. The maximum atomic E-state index is 12.4. The molecule has 0 aromatic heterocycles. The fourth-order valence-electron chi connectivity index (χ4n) is 3.00. The van der Waals surface area contributed by atoms with Crippen LogP contribution in [-0.4, -0.2) is 24.5 Å². The maximum Gasteiger partial charge on any atom is 0.342 e. The first-order valence-corrected chi connectivity index (χ1v) is 10.5. The van der Waals surface area contributed by atoms with Crippen LogP contribution in [0.2, 0.25) is 0 Å². The summed E-state index contributed by atoms with van der Waals surface area (Å²) in [6.07, 6.45) is 1.60. The summed E-state index contributed by atoms with van der Waals surface area (Å²) in [6, 6.07) is 21.0. The molecule has 0 spiro atoms. The van der Waals surface area contributed by atoms with E-state index in [9.17, 15) is 14.4 Å². The third kappa shape index (κ3) is 6.53. The second-order valence-corrected chi connectivity index (χ2v) is 7.43. The second-order valence-electron chi connectivity index (χ2n) is 7.43. The molecule has 6 heteroatoms. The fraction of sp³-hybridized carbons (Fsp3) is 0.107. The first kappa shape index (κ1) is 24.2. The van der Waals surface area contributed by atoms with E-state index in [-0.39, 0.29) is 6.61 Å². The molecule has 34 heavy (non-hydrogen) atoms. The zero-order valence-electron chi connectivity index (χ0n) is 18.8. The van der Waals surface area contributed by atoms with Gasteiger partial charge in [-0.05, 0) is 60.0 Å². The van der Waals surface area contributed by atoms with Gasteiger partial charge in [-0.25, -0.2) is 14.4 Å². The van der Waals surface area contributed by atoms with Crippen LogP contribution in [-0.2, 0) is 20.7 Å². The highest BCUT2D eigenvalue weighted by atomic mass is 16.5. The van der Waals surface area contributed by atoms with Gasteiger partial charge in [0.2, 0.25) is 0 Å². The lowest BCUT2D eigenvalue weighted by Gasteiger charge is -2.08. The van der Waals surface area contributed by atoms with Crippen molar-refractivity contribution in [1.82, 2.24) is 0 Å². The molecule has 0 aliphatic heterocycles. The summed E-state index contributed by atoms with van der Waals surface area (Å²) in [5.74, 6) is -0.928. The predicted molar refractivity (Wildman–Crippen MR) is 128 cm³/mol. The van der Waals surface area contributed by atoms with Crippen LogP contribution in [0.4, 0.5) is 0 Å². The summed E-state index contributed by atoms with van der Waals surface area (Å²) >= 11 is 0. The minimum atomic E-state index is -0.474. The van der Waals surface area contributed by atoms with Crippen LogP contribution < -0.4 is 4.74 Å². The van der Waals surface area contributed by atoms with Crippen LogP contribution in [0.3, 0.4) is 0 Å². The molecule has 0 saturated heterocycles. The smallest absolute Gasteiger partial charge is 0.342 e. The van der Waals surface area contributed by atoms with Gasteiger partial charge in [0.15, 0.2) is 0 Å². The van der Waals surface area contributed by atoms with Gasteiger partial charge in [0.25, 0.3) is 0 Å². The van der Waals surface area contributed by atoms with Crippen molar-refractivity contribution in [2.75, 3.05) is 6.61 Å². The molecule has 0 heterocycles. The van der Waals surface area contributed by atoms with Gasteiger partial charge >= 0.3 is 17.9 Å². The van der Waals surface area contributed by atoms with Gasteiger partial charge < -0.3 is 14.2 Å². The summed E-state index contributed by atoms with van der Waals surface area (Å²) < 4.78 is 15.3. The van der Waals surface area contributed by atoms with Crippen molar-refractivity contribution >= 4 is 17.9 Å². The molecule has 3 aromatic rings. The molecule has 3 aromatic carbocycles. The summed E-state index contributed by atoms with van der Waals surface area (Å²) in [4.78, 5) is 35.6. The van der Waals surface area contributed by atoms with Crippen molar-refractivity contribution in [2.45, 2.75) is 13.3 Å². The predicted octanol–water partition coefficient (Wildman–Crippen LogP) is 5.53. The molecular weight excluding hydrogens is 432 g/mol. The van der Waals surface area contributed by atoms with E-state index in [1.165, 1.54) is 0 Å². The average molecular weight is 456 g/mol. The topological polar surface area (TPSA) is 78.9 Å². The van der Waals surface area contributed by atoms with Crippen LogP contribution in [0.5, 0.6) is 5.75 Å². The highest BCUT2D eigenvalue weighted by Gasteiger charge is 2.10. The molecule has 0 fully saturated rings.